The fraction of sp³-hybridized carbons (Fsp3) is 0.812. The van der Waals surface area contributed by atoms with E-state index in [4.69, 9.17) is 9.47 Å². The Morgan fingerprint density at radius 1 is 0.449 bits per heavy atom. The maximum absolute atomic E-state index is 13.1. The SMILES string of the molecule is CC/C=C\C/C=C\C/C=C\C/C=C\C/C=C\CCCCCCCCCCCC(=O)NC(COC1OC(CO)C(O)C(O)C1O)C(O)/C=C/CCCCCCCCCCCCCCCCCCCCCCCCCCCCCC. The number of carbonyl (C=O) groups excluding carboxylic acids is 1. The highest BCUT2D eigenvalue weighted by Crippen LogP contribution is 2.23. The van der Waals surface area contributed by atoms with Gasteiger partial charge in [-0.3, -0.25) is 4.79 Å². The first kappa shape index (κ1) is 73.6. The number of unbranched alkanes of at least 4 members (excludes halogenated alkanes) is 37. The summed E-state index contributed by atoms with van der Waals surface area (Å²) in [6.07, 6.45) is 74.2. The third kappa shape index (κ3) is 46.3. The molecule has 0 spiro atoms. The molecule has 0 aromatic carbocycles. The van der Waals surface area contributed by atoms with Gasteiger partial charge in [0.25, 0.3) is 0 Å². The normalized spacial score (nSPS) is 19.1. The van der Waals surface area contributed by atoms with Crippen LogP contribution in [-0.4, -0.2) is 87.5 Å². The lowest BCUT2D eigenvalue weighted by Crippen LogP contribution is -2.60. The van der Waals surface area contributed by atoms with Crippen LogP contribution in [0.2, 0.25) is 0 Å². The summed E-state index contributed by atoms with van der Waals surface area (Å²) in [5.74, 6) is -0.182. The smallest absolute Gasteiger partial charge is 0.220 e. The van der Waals surface area contributed by atoms with Crippen molar-refractivity contribution < 1.29 is 39.8 Å². The van der Waals surface area contributed by atoms with Crippen LogP contribution >= 0.6 is 0 Å². The van der Waals surface area contributed by atoms with Gasteiger partial charge in [0.15, 0.2) is 6.29 Å². The largest absolute Gasteiger partial charge is 0.394 e. The number of allylic oxidation sites excluding steroid dienone is 11. The summed E-state index contributed by atoms with van der Waals surface area (Å²) in [5, 5.41) is 54.7. The molecule has 7 atom stereocenters. The van der Waals surface area contributed by atoms with Gasteiger partial charge in [0.1, 0.15) is 24.4 Å². The lowest BCUT2D eigenvalue weighted by molar-refractivity contribution is -0.302. The van der Waals surface area contributed by atoms with Crippen LogP contribution in [0.15, 0.2) is 72.9 Å². The van der Waals surface area contributed by atoms with Gasteiger partial charge in [0.05, 0.1) is 25.4 Å². The lowest BCUT2D eigenvalue weighted by atomic mass is 9.99. The van der Waals surface area contributed by atoms with Gasteiger partial charge in [-0.2, -0.15) is 0 Å². The third-order valence-electron chi connectivity index (χ3n) is 15.5. The topological polar surface area (TPSA) is 149 Å². The molecule has 0 bridgehead atoms. The highest BCUT2D eigenvalue weighted by atomic mass is 16.7. The first-order valence-electron chi connectivity index (χ1n) is 33.2. The second-order valence-corrected chi connectivity index (χ2v) is 22.9. The van der Waals surface area contributed by atoms with Gasteiger partial charge in [-0.25, -0.2) is 0 Å². The number of aliphatic hydroxyl groups is 5. The van der Waals surface area contributed by atoms with E-state index in [1.54, 1.807) is 6.08 Å². The van der Waals surface area contributed by atoms with Gasteiger partial charge in [-0.15, -0.1) is 0 Å². The van der Waals surface area contributed by atoms with E-state index in [0.717, 1.165) is 83.5 Å². The molecule has 9 heteroatoms. The number of hydrogen-bond donors (Lipinski definition) is 6. The zero-order valence-electron chi connectivity index (χ0n) is 50.7. The van der Waals surface area contributed by atoms with Crippen molar-refractivity contribution in [1.29, 1.82) is 0 Å². The number of amides is 1. The minimum Gasteiger partial charge on any atom is -0.394 e. The van der Waals surface area contributed by atoms with Crippen molar-refractivity contribution in [3.8, 4) is 0 Å². The maximum Gasteiger partial charge on any atom is 0.220 e. The van der Waals surface area contributed by atoms with E-state index in [-0.39, 0.29) is 12.5 Å². The summed E-state index contributed by atoms with van der Waals surface area (Å²) >= 11 is 0. The Kier molecular flexibility index (Phi) is 54.6. The van der Waals surface area contributed by atoms with Crippen LogP contribution in [0.5, 0.6) is 0 Å². The summed E-state index contributed by atoms with van der Waals surface area (Å²) in [6, 6.07) is -0.814. The van der Waals surface area contributed by atoms with E-state index in [0.29, 0.717) is 6.42 Å². The van der Waals surface area contributed by atoms with Crippen LogP contribution in [0.1, 0.15) is 303 Å². The van der Waals surface area contributed by atoms with Crippen molar-refractivity contribution in [2.75, 3.05) is 13.2 Å². The van der Waals surface area contributed by atoms with Crippen LogP contribution in [0.3, 0.4) is 0 Å². The number of hydrogen-bond acceptors (Lipinski definition) is 8. The molecule has 1 amide bonds. The first-order chi connectivity index (χ1) is 38.3. The van der Waals surface area contributed by atoms with Crippen molar-refractivity contribution in [1.82, 2.24) is 5.32 Å². The Hall–Kier alpha value is -2.37. The van der Waals surface area contributed by atoms with Gasteiger partial charge in [0.2, 0.25) is 5.91 Å². The van der Waals surface area contributed by atoms with E-state index >= 15 is 0 Å². The van der Waals surface area contributed by atoms with Gasteiger partial charge < -0.3 is 40.3 Å². The summed E-state index contributed by atoms with van der Waals surface area (Å²) < 4.78 is 11.3. The monoisotopic (exact) mass is 1100 g/mol. The molecular weight excluding hydrogens is 971 g/mol. The van der Waals surface area contributed by atoms with Gasteiger partial charge in [0, 0.05) is 6.42 Å². The fourth-order valence-electron chi connectivity index (χ4n) is 10.4. The van der Waals surface area contributed by atoms with Crippen molar-refractivity contribution in [2.45, 2.75) is 346 Å². The van der Waals surface area contributed by atoms with Crippen molar-refractivity contribution in [2.24, 2.45) is 0 Å². The second kappa shape index (κ2) is 57.8. The number of aliphatic hydroxyl groups excluding tert-OH is 5. The molecule has 7 unspecified atom stereocenters. The van der Waals surface area contributed by atoms with Crippen LogP contribution in [-0.2, 0) is 14.3 Å². The van der Waals surface area contributed by atoms with Crippen molar-refractivity contribution in [3.63, 3.8) is 0 Å². The zero-order chi connectivity index (χ0) is 56.5. The Labute approximate surface area is 480 Å². The van der Waals surface area contributed by atoms with Crippen LogP contribution in [0.25, 0.3) is 0 Å². The number of rotatable bonds is 57. The Balaban J connectivity index is 2.17. The highest BCUT2D eigenvalue weighted by Gasteiger charge is 2.44. The van der Waals surface area contributed by atoms with Crippen LogP contribution in [0.4, 0.5) is 0 Å². The molecule has 6 N–H and O–H groups in total. The fourth-order valence-corrected chi connectivity index (χ4v) is 10.4. The number of ether oxygens (including phenoxy) is 2. The summed E-state index contributed by atoms with van der Waals surface area (Å²) in [6.45, 7) is 3.69. The Bertz CT molecular complexity index is 1460. The standard InChI is InChI=1S/C69H125NO8/c1-3-5-7-9-11-13-15-17-19-21-23-25-27-29-30-31-32-33-35-36-38-40-42-44-46-48-50-52-54-56-58-63(72)62(61-77-69-68(76)67(75)66(74)64(60-71)78-69)70-65(73)59-57-55-53-51-49-47-45-43-41-39-37-34-28-26-24-22-20-18-16-14-12-10-8-6-4-2/h6,8,12,14,18,20,24,26,34,37,56,58,62-64,66-69,71-72,74-76H,3-5,7,9-11,13,15-17,19,21-23,25,27-33,35-36,38-55,57,59-61H2,1-2H3,(H,70,73)/b8-6-,14-12-,20-18-,26-24-,37-34-,58-56+. The molecule has 0 aromatic rings. The highest BCUT2D eigenvalue weighted by molar-refractivity contribution is 5.76. The Morgan fingerprint density at radius 3 is 1.18 bits per heavy atom. The molecular formula is C69H125NO8. The predicted octanol–water partition coefficient (Wildman–Crippen LogP) is 17.6. The maximum atomic E-state index is 13.1. The molecule has 1 saturated heterocycles. The molecule has 9 nitrogen and oxygen atoms in total. The molecule has 1 rings (SSSR count). The molecule has 0 aliphatic carbocycles. The summed E-state index contributed by atoms with van der Waals surface area (Å²) in [7, 11) is 0. The molecule has 1 fully saturated rings. The number of carbonyl (C=O) groups is 1. The zero-order valence-corrected chi connectivity index (χ0v) is 50.7. The third-order valence-corrected chi connectivity index (χ3v) is 15.5. The molecule has 78 heavy (non-hydrogen) atoms. The average Bonchev–Trinajstić information content (AvgIpc) is 3.45. The Morgan fingerprint density at radius 2 is 0.795 bits per heavy atom. The predicted molar refractivity (Wildman–Crippen MR) is 332 cm³/mol. The molecule has 1 heterocycles. The van der Waals surface area contributed by atoms with E-state index in [1.165, 1.54) is 199 Å². The molecule has 1 aliphatic heterocycles. The van der Waals surface area contributed by atoms with Crippen molar-refractivity contribution >= 4 is 5.91 Å². The number of nitrogens with one attached hydrogen (secondary N) is 1. The van der Waals surface area contributed by atoms with Gasteiger partial charge in [-0.1, -0.05) is 305 Å². The quantitative estimate of drug-likeness (QED) is 0.0261. The van der Waals surface area contributed by atoms with Crippen molar-refractivity contribution in [3.05, 3.63) is 72.9 Å². The van der Waals surface area contributed by atoms with Crippen LogP contribution < -0.4 is 5.32 Å². The summed E-state index contributed by atoms with van der Waals surface area (Å²) in [5.41, 5.74) is 0. The minimum absolute atomic E-state index is 0.182. The summed E-state index contributed by atoms with van der Waals surface area (Å²) in [4.78, 5) is 13.1. The van der Waals surface area contributed by atoms with E-state index in [1.807, 2.05) is 6.08 Å². The van der Waals surface area contributed by atoms with Crippen LogP contribution in [0, 0.1) is 0 Å². The molecule has 0 aromatic heterocycles. The molecule has 454 valence electrons. The molecule has 1 aliphatic rings. The van der Waals surface area contributed by atoms with E-state index in [2.05, 4.69) is 79.9 Å². The minimum atomic E-state index is -1.57. The second-order valence-electron chi connectivity index (χ2n) is 22.9. The molecule has 0 saturated carbocycles. The average molecular weight is 1100 g/mol. The van der Waals surface area contributed by atoms with E-state index < -0.39 is 49.5 Å². The van der Waals surface area contributed by atoms with Gasteiger partial charge in [-0.05, 0) is 64.2 Å². The first-order valence-corrected chi connectivity index (χ1v) is 33.2. The van der Waals surface area contributed by atoms with Gasteiger partial charge >= 0.3 is 0 Å². The lowest BCUT2D eigenvalue weighted by Gasteiger charge is -2.40. The van der Waals surface area contributed by atoms with E-state index in [9.17, 15) is 30.3 Å². The molecule has 0 radical (unpaired) electrons.